The van der Waals surface area contributed by atoms with Crippen LogP contribution < -0.4 is 10.5 Å². The molecule has 1 saturated carbocycles. The largest absolute Gasteiger partial charge is 0.416 e. The third-order valence-electron chi connectivity index (χ3n) is 6.94. The highest BCUT2D eigenvalue weighted by Crippen LogP contribution is 2.40. The number of hydrogen-bond donors (Lipinski definition) is 2. The number of ether oxygens (including phenoxy) is 2. The summed E-state index contributed by atoms with van der Waals surface area (Å²) in [7, 11) is -2.93. The summed E-state index contributed by atoms with van der Waals surface area (Å²) in [6.07, 6.45) is -2.38. The molecule has 1 heterocycles. The highest BCUT2D eigenvalue weighted by atomic mass is 32.2. The fraction of sp³-hybridized carbons (Fsp3) is 0.741. The first-order chi connectivity index (χ1) is 17.8. The molecule has 0 radical (unpaired) electrons. The molecule has 1 aliphatic rings. The lowest BCUT2D eigenvalue weighted by molar-refractivity contribution is -0.265. The van der Waals surface area contributed by atoms with Crippen LogP contribution in [0, 0.1) is 5.92 Å². The van der Waals surface area contributed by atoms with Crippen LogP contribution in [0.1, 0.15) is 70.9 Å². The zero-order valence-corrected chi connectivity index (χ0v) is 26.3. The first kappa shape index (κ1) is 32.2. The molecule has 7 nitrogen and oxygen atoms in total. The molecule has 222 valence electrons. The summed E-state index contributed by atoms with van der Waals surface area (Å²) < 4.78 is 69.7. The van der Waals surface area contributed by atoms with E-state index in [1.54, 1.807) is 20.8 Å². The predicted octanol–water partition coefficient (Wildman–Crippen LogP) is 6.21. The van der Waals surface area contributed by atoms with Crippen LogP contribution in [0.5, 0.6) is 0 Å². The van der Waals surface area contributed by atoms with Gasteiger partial charge in [-0.1, -0.05) is 25.7 Å². The summed E-state index contributed by atoms with van der Waals surface area (Å²) in [5.41, 5.74) is 6.46. The van der Waals surface area contributed by atoms with E-state index in [2.05, 4.69) is 24.4 Å². The third-order valence-corrected chi connectivity index (χ3v) is 10.3. The van der Waals surface area contributed by atoms with Crippen molar-refractivity contribution in [3.63, 3.8) is 0 Å². The van der Waals surface area contributed by atoms with Gasteiger partial charge in [0.2, 0.25) is 0 Å². The van der Waals surface area contributed by atoms with Crippen molar-refractivity contribution in [3.8, 4) is 0 Å². The summed E-state index contributed by atoms with van der Waals surface area (Å²) in [6.45, 7) is 14.5. The standard InChI is InChI=1S/C27H45F3N4O3SSi/c1-25(2,3)38(35)33-21(16-37-26(4,5)27(28,29)30)24-32-20-15-19(23(31)18-9-10-18)11-12-22(20)34(24)17-36-13-14-39(6,7)8/h11-12,15,18,21,23,33H,9-10,13-14,16-17,31H2,1-8H3/t21-,23+,38+/m0/s1. The number of hydrogen-bond acceptors (Lipinski definition) is 5. The van der Waals surface area contributed by atoms with Crippen LogP contribution in [0.25, 0.3) is 11.0 Å². The Hall–Kier alpha value is -1.31. The van der Waals surface area contributed by atoms with Crippen molar-refractivity contribution in [2.45, 2.75) is 108 Å². The van der Waals surface area contributed by atoms with Crippen LogP contribution >= 0.6 is 0 Å². The van der Waals surface area contributed by atoms with E-state index in [0.29, 0.717) is 23.9 Å². The molecule has 1 aromatic carbocycles. The van der Waals surface area contributed by atoms with Crippen LogP contribution in [0.2, 0.25) is 25.7 Å². The van der Waals surface area contributed by atoms with Crippen molar-refractivity contribution in [2.24, 2.45) is 11.7 Å². The van der Waals surface area contributed by atoms with Crippen LogP contribution in [-0.4, -0.2) is 51.6 Å². The Morgan fingerprint density at radius 1 is 1.18 bits per heavy atom. The molecule has 0 bridgehead atoms. The zero-order valence-electron chi connectivity index (χ0n) is 24.4. The van der Waals surface area contributed by atoms with Crippen molar-refractivity contribution >= 4 is 30.1 Å². The number of rotatable bonds is 13. The van der Waals surface area contributed by atoms with Gasteiger partial charge in [0.25, 0.3) is 0 Å². The predicted molar refractivity (Wildman–Crippen MR) is 153 cm³/mol. The first-order valence-corrected chi connectivity index (χ1v) is 18.4. The molecule has 39 heavy (non-hydrogen) atoms. The molecule has 3 rings (SSSR count). The van der Waals surface area contributed by atoms with Crippen LogP contribution in [0.15, 0.2) is 18.2 Å². The smallest absolute Gasteiger partial charge is 0.364 e. The van der Waals surface area contributed by atoms with E-state index in [1.165, 1.54) is 0 Å². The maximum atomic E-state index is 13.6. The lowest BCUT2D eigenvalue weighted by atomic mass is 10.0. The van der Waals surface area contributed by atoms with Crippen LogP contribution in [0.4, 0.5) is 13.2 Å². The molecule has 0 aliphatic heterocycles. The minimum atomic E-state index is -4.57. The van der Waals surface area contributed by atoms with E-state index >= 15 is 0 Å². The fourth-order valence-corrected chi connectivity index (χ4v) is 5.42. The Labute approximate surface area is 234 Å². The van der Waals surface area contributed by atoms with E-state index in [-0.39, 0.29) is 19.4 Å². The minimum absolute atomic E-state index is 0.0887. The van der Waals surface area contributed by atoms with Crippen LogP contribution in [0.3, 0.4) is 0 Å². The van der Waals surface area contributed by atoms with Gasteiger partial charge < -0.3 is 19.8 Å². The molecule has 0 spiro atoms. The topological polar surface area (TPSA) is 91.4 Å². The minimum Gasteiger partial charge on any atom is -0.364 e. The van der Waals surface area contributed by atoms with Crippen molar-refractivity contribution in [1.29, 1.82) is 0 Å². The number of nitrogens with zero attached hydrogens (tertiary/aromatic N) is 2. The van der Waals surface area contributed by atoms with Gasteiger partial charge in [-0.15, -0.1) is 0 Å². The molecule has 0 amide bonds. The van der Waals surface area contributed by atoms with Gasteiger partial charge in [0.1, 0.15) is 18.6 Å². The third kappa shape index (κ3) is 8.59. The number of aromatic nitrogens is 2. The summed E-state index contributed by atoms with van der Waals surface area (Å²) >= 11 is 0. The van der Waals surface area contributed by atoms with Gasteiger partial charge >= 0.3 is 6.18 Å². The van der Waals surface area contributed by atoms with Gasteiger partial charge in [-0.05, 0) is 77.1 Å². The average molecular weight is 591 g/mol. The normalized spacial score (nSPS) is 17.9. The molecule has 12 heteroatoms. The van der Waals surface area contributed by atoms with Gasteiger partial charge in [0.05, 0.1) is 33.4 Å². The van der Waals surface area contributed by atoms with E-state index in [4.69, 9.17) is 20.2 Å². The first-order valence-electron chi connectivity index (χ1n) is 13.5. The van der Waals surface area contributed by atoms with Gasteiger partial charge in [-0.2, -0.15) is 13.2 Å². The molecule has 1 aromatic heterocycles. The Kier molecular flexibility index (Phi) is 9.82. The Morgan fingerprint density at radius 3 is 2.36 bits per heavy atom. The molecule has 0 unspecified atom stereocenters. The summed E-state index contributed by atoms with van der Waals surface area (Å²) in [6, 6.07) is 5.85. The summed E-state index contributed by atoms with van der Waals surface area (Å²) in [5, 5.41) is 0. The van der Waals surface area contributed by atoms with E-state index in [1.807, 2.05) is 22.8 Å². The number of imidazole rings is 1. The molecule has 1 fully saturated rings. The number of halogens is 3. The summed E-state index contributed by atoms with van der Waals surface area (Å²) in [5.74, 6) is 0.862. The fourth-order valence-electron chi connectivity index (χ4n) is 3.88. The highest BCUT2D eigenvalue weighted by molar-refractivity contribution is 7.84. The number of benzene rings is 1. The monoisotopic (exact) mass is 590 g/mol. The van der Waals surface area contributed by atoms with Gasteiger partial charge in [-0.25, -0.2) is 13.9 Å². The average Bonchev–Trinajstić information content (AvgIpc) is 3.58. The SMILES string of the molecule is CC(C)(C)[S@@](=O)N[C@@H](COC(C)(C)C(F)(F)F)c1nc2cc([C@H](N)C3CC3)ccc2n1COCC[Si](C)(C)C. The Balaban J connectivity index is 2.02. The van der Waals surface area contributed by atoms with Crippen molar-refractivity contribution in [2.75, 3.05) is 13.2 Å². The van der Waals surface area contributed by atoms with Gasteiger partial charge in [0, 0.05) is 20.7 Å². The number of nitrogens with two attached hydrogens (primary N) is 1. The van der Waals surface area contributed by atoms with E-state index in [9.17, 15) is 17.4 Å². The lowest BCUT2D eigenvalue weighted by Gasteiger charge is -2.31. The molecule has 3 N–H and O–H groups in total. The number of nitrogens with one attached hydrogen (secondary N) is 1. The number of fused-ring (bicyclic) bond motifs is 1. The molecule has 1 aliphatic carbocycles. The Bertz CT molecular complexity index is 1150. The second kappa shape index (κ2) is 11.9. The van der Waals surface area contributed by atoms with E-state index in [0.717, 1.165) is 43.8 Å². The maximum absolute atomic E-state index is 13.6. The van der Waals surface area contributed by atoms with Crippen molar-refractivity contribution in [3.05, 3.63) is 29.6 Å². The molecule has 2 aromatic rings. The lowest BCUT2D eigenvalue weighted by Crippen LogP contribution is -2.45. The molecular formula is C27H45F3N4O3SSi. The zero-order chi connectivity index (χ0) is 29.4. The highest BCUT2D eigenvalue weighted by Gasteiger charge is 2.49. The van der Waals surface area contributed by atoms with Gasteiger partial charge in [-0.3, -0.25) is 0 Å². The molecule has 3 atom stereocenters. The second-order valence-electron chi connectivity index (χ2n) is 13.2. The molecule has 0 saturated heterocycles. The van der Waals surface area contributed by atoms with Crippen molar-refractivity contribution < 1.29 is 26.9 Å². The number of alkyl halides is 3. The molecular weight excluding hydrogens is 545 g/mol. The Morgan fingerprint density at radius 2 is 1.82 bits per heavy atom. The summed E-state index contributed by atoms with van der Waals surface area (Å²) in [4.78, 5) is 4.84. The van der Waals surface area contributed by atoms with E-state index < -0.39 is 41.6 Å². The van der Waals surface area contributed by atoms with Gasteiger partial charge in [0.15, 0.2) is 5.60 Å². The van der Waals surface area contributed by atoms with Crippen LogP contribution in [-0.2, 0) is 27.2 Å². The quantitative estimate of drug-likeness (QED) is 0.214. The van der Waals surface area contributed by atoms with Crippen molar-refractivity contribution in [1.82, 2.24) is 14.3 Å². The second-order valence-corrected chi connectivity index (χ2v) is 20.8. The maximum Gasteiger partial charge on any atom is 0.416 e.